The summed E-state index contributed by atoms with van der Waals surface area (Å²) in [5.41, 5.74) is 0.384. The maximum absolute atomic E-state index is 13.8. The summed E-state index contributed by atoms with van der Waals surface area (Å²) in [5, 5.41) is 8.84. The second-order valence-corrected chi connectivity index (χ2v) is 6.18. The van der Waals surface area contributed by atoms with Crippen LogP contribution < -0.4 is 0 Å². The average molecular weight is 361 g/mol. The van der Waals surface area contributed by atoms with Gasteiger partial charge in [-0.25, -0.2) is 4.39 Å². The number of carbonyl (C=O) groups is 2. The fourth-order valence-corrected chi connectivity index (χ4v) is 2.97. The minimum absolute atomic E-state index is 0.0764. The number of furan rings is 1. The number of halogens is 1. The number of aryl methyl sites for hydroxylation is 1. The number of aliphatic carboxylic acids is 1. The Bertz CT molecular complexity index is 788. The van der Waals surface area contributed by atoms with Gasteiger partial charge in [-0.15, -0.1) is 0 Å². The fourth-order valence-electron chi connectivity index (χ4n) is 2.97. The second kappa shape index (κ2) is 8.14. The maximum Gasteiger partial charge on any atom is 0.306 e. The van der Waals surface area contributed by atoms with Crippen LogP contribution in [0.15, 0.2) is 40.8 Å². The van der Waals surface area contributed by atoms with Crippen LogP contribution in [0, 0.1) is 5.82 Å². The molecule has 1 fully saturated rings. The van der Waals surface area contributed by atoms with Crippen molar-refractivity contribution >= 4 is 11.9 Å². The third-order valence-electron chi connectivity index (χ3n) is 4.28. The lowest BCUT2D eigenvalue weighted by molar-refractivity contribution is -0.147. The predicted molar refractivity (Wildman–Crippen MR) is 91.0 cm³/mol. The number of benzene rings is 1. The van der Waals surface area contributed by atoms with Gasteiger partial charge in [0, 0.05) is 25.9 Å². The second-order valence-electron chi connectivity index (χ2n) is 6.18. The lowest BCUT2D eigenvalue weighted by atomic mass is 10.1. The number of carboxylic acid groups (broad SMARTS) is 1. The SMILES string of the molecule is O=C(O)C[C@H]1CN(C(=O)CCc2ccc(-c3ccccc3F)o2)CCO1. The molecule has 1 amide bonds. The molecule has 1 aromatic heterocycles. The monoisotopic (exact) mass is 361 g/mol. The third-order valence-corrected chi connectivity index (χ3v) is 4.28. The predicted octanol–water partition coefficient (Wildman–Crippen LogP) is 2.72. The van der Waals surface area contributed by atoms with Crippen LogP contribution in [0.25, 0.3) is 11.3 Å². The van der Waals surface area contributed by atoms with Crippen molar-refractivity contribution in [2.24, 2.45) is 0 Å². The van der Waals surface area contributed by atoms with E-state index in [0.717, 1.165) is 0 Å². The molecule has 3 rings (SSSR count). The topological polar surface area (TPSA) is 80.0 Å². The highest BCUT2D eigenvalue weighted by atomic mass is 19.1. The van der Waals surface area contributed by atoms with Crippen LogP contribution in [-0.2, 0) is 20.7 Å². The molecule has 7 heteroatoms. The number of carboxylic acids is 1. The lowest BCUT2D eigenvalue weighted by Crippen LogP contribution is -2.46. The summed E-state index contributed by atoms with van der Waals surface area (Å²) in [4.78, 5) is 24.8. The van der Waals surface area contributed by atoms with Crippen LogP contribution in [0.1, 0.15) is 18.6 Å². The largest absolute Gasteiger partial charge is 0.481 e. The molecule has 1 saturated heterocycles. The number of nitrogens with zero attached hydrogens (tertiary/aromatic N) is 1. The molecule has 138 valence electrons. The minimum Gasteiger partial charge on any atom is -0.481 e. The highest BCUT2D eigenvalue weighted by Gasteiger charge is 2.25. The number of hydrogen-bond donors (Lipinski definition) is 1. The number of morpholine rings is 1. The van der Waals surface area contributed by atoms with Crippen LogP contribution in [-0.4, -0.2) is 47.7 Å². The molecule has 0 unspecified atom stereocenters. The van der Waals surface area contributed by atoms with Crippen molar-refractivity contribution in [1.29, 1.82) is 0 Å². The normalized spacial score (nSPS) is 17.3. The summed E-state index contributed by atoms with van der Waals surface area (Å²) in [5.74, 6) is -0.347. The standard InChI is InChI=1S/C19H20FNO5/c20-16-4-2-1-3-15(16)17-7-5-13(26-17)6-8-18(22)21-9-10-25-14(12-21)11-19(23)24/h1-5,7,14H,6,8-12H2,(H,23,24)/t14-/m0/s1. The zero-order chi connectivity index (χ0) is 18.5. The lowest BCUT2D eigenvalue weighted by Gasteiger charge is -2.32. The van der Waals surface area contributed by atoms with E-state index in [-0.39, 0.29) is 31.1 Å². The van der Waals surface area contributed by atoms with Crippen molar-refractivity contribution in [2.75, 3.05) is 19.7 Å². The van der Waals surface area contributed by atoms with E-state index in [2.05, 4.69) is 0 Å². The number of amides is 1. The molecule has 0 saturated carbocycles. The van der Waals surface area contributed by atoms with Crippen molar-refractivity contribution < 1.29 is 28.2 Å². The Morgan fingerprint density at radius 2 is 2.04 bits per heavy atom. The first kappa shape index (κ1) is 18.1. The highest BCUT2D eigenvalue weighted by Crippen LogP contribution is 2.25. The quantitative estimate of drug-likeness (QED) is 0.856. The molecular formula is C19H20FNO5. The van der Waals surface area contributed by atoms with E-state index in [1.54, 1.807) is 35.2 Å². The Morgan fingerprint density at radius 1 is 1.23 bits per heavy atom. The molecule has 1 aromatic carbocycles. The van der Waals surface area contributed by atoms with Gasteiger partial charge in [-0.1, -0.05) is 12.1 Å². The van der Waals surface area contributed by atoms with Gasteiger partial charge in [0.25, 0.3) is 0 Å². The van der Waals surface area contributed by atoms with Crippen molar-refractivity contribution in [3.8, 4) is 11.3 Å². The van der Waals surface area contributed by atoms with Crippen molar-refractivity contribution in [3.63, 3.8) is 0 Å². The average Bonchev–Trinajstić information content (AvgIpc) is 3.08. The summed E-state index contributed by atoms with van der Waals surface area (Å²) in [6.07, 6.45) is 0.0492. The fraction of sp³-hybridized carbons (Fsp3) is 0.368. The molecule has 6 nitrogen and oxygen atoms in total. The van der Waals surface area contributed by atoms with Gasteiger partial charge in [-0.05, 0) is 24.3 Å². The molecule has 0 aliphatic carbocycles. The summed E-state index contributed by atoms with van der Waals surface area (Å²) in [6.45, 7) is 1.07. The Balaban J connectivity index is 1.55. The van der Waals surface area contributed by atoms with Gasteiger partial charge < -0.3 is 19.2 Å². The molecule has 26 heavy (non-hydrogen) atoms. The van der Waals surface area contributed by atoms with Gasteiger partial charge in [-0.2, -0.15) is 0 Å². The number of hydrogen-bond acceptors (Lipinski definition) is 4. The van der Waals surface area contributed by atoms with Crippen LogP contribution in [0.3, 0.4) is 0 Å². The van der Waals surface area contributed by atoms with E-state index < -0.39 is 12.1 Å². The van der Waals surface area contributed by atoms with E-state index in [4.69, 9.17) is 14.3 Å². The van der Waals surface area contributed by atoms with Gasteiger partial charge >= 0.3 is 5.97 Å². The van der Waals surface area contributed by atoms with Gasteiger partial charge in [0.2, 0.25) is 5.91 Å². The Hall–Kier alpha value is -2.67. The molecular weight excluding hydrogens is 341 g/mol. The Labute approximate surface area is 150 Å². The summed E-state index contributed by atoms with van der Waals surface area (Å²) < 4.78 is 24.8. The molecule has 0 spiro atoms. The van der Waals surface area contributed by atoms with E-state index in [0.29, 0.717) is 36.7 Å². The first-order valence-corrected chi connectivity index (χ1v) is 8.47. The molecule has 0 bridgehead atoms. The smallest absolute Gasteiger partial charge is 0.306 e. The first-order chi connectivity index (χ1) is 12.5. The Morgan fingerprint density at radius 3 is 2.81 bits per heavy atom. The van der Waals surface area contributed by atoms with Gasteiger partial charge in [0.1, 0.15) is 17.3 Å². The van der Waals surface area contributed by atoms with Crippen molar-refractivity contribution in [1.82, 2.24) is 4.90 Å². The molecule has 2 aromatic rings. The number of carbonyl (C=O) groups excluding carboxylic acids is 1. The van der Waals surface area contributed by atoms with E-state index >= 15 is 0 Å². The molecule has 1 aliphatic heterocycles. The first-order valence-electron chi connectivity index (χ1n) is 8.47. The summed E-state index contributed by atoms with van der Waals surface area (Å²) in [6, 6.07) is 9.78. The van der Waals surface area contributed by atoms with Crippen LogP contribution in [0.5, 0.6) is 0 Å². The molecule has 0 radical (unpaired) electrons. The molecule has 2 heterocycles. The minimum atomic E-state index is -0.944. The van der Waals surface area contributed by atoms with E-state index in [1.807, 2.05) is 0 Å². The van der Waals surface area contributed by atoms with Crippen molar-refractivity contribution in [2.45, 2.75) is 25.4 Å². The molecule has 1 atom stereocenters. The maximum atomic E-state index is 13.8. The Kier molecular flexibility index (Phi) is 5.68. The highest BCUT2D eigenvalue weighted by molar-refractivity contribution is 5.76. The van der Waals surface area contributed by atoms with Crippen LogP contribution in [0.4, 0.5) is 4.39 Å². The van der Waals surface area contributed by atoms with Gasteiger partial charge in [0.15, 0.2) is 0 Å². The van der Waals surface area contributed by atoms with E-state index in [9.17, 15) is 14.0 Å². The molecule has 1 aliphatic rings. The van der Waals surface area contributed by atoms with Gasteiger partial charge in [-0.3, -0.25) is 9.59 Å². The molecule has 1 N–H and O–H groups in total. The summed E-state index contributed by atoms with van der Waals surface area (Å²) >= 11 is 0. The summed E-state index contributed by atoms with van der Waals surface area (Å²) in [7, 11) is 0. The zero-order valence-corrected chi connectivity index (χ0v) is 14.2. The van der Waals surface area contributed by atoms with Crippen molar-refractivity contribution in [3.05, 3.63) is 48.0 Å². The number of rotatable bonds is 6. The van der Waals surface area contributed by atoms with E-state index in [1.165, 1.54) is 6.07 Å². The zero-order valence-electron chi connectivity index (χ0n) is 14.2. The van der Waals surface area contributed by atoms with Crippen LogP contribution >= 0.6 is 0 Å². The third kappa shape index (κ3) is 4.49. The van der Waals surface area contributed by atoms with Crippen LogP contribution in [0.2, 0.25) is 0 Å². The van der Waals surface area contributed by atoms with Gasteiger partial charge in [0.05, 0.1) is 24.7 Å². The number of ether oxygens (including phenoxy) is 1.